The minimum absolute atomic E-state index is 0.250. The Balaban J connectivity index is 0.00000114. The molecular weight excluding hydrogens is 497 g/mol. The van der Waals surface area contributed by atoms with Crippen LogP contribution in [0.3, 0.4) is 0 Å². The van der Waals surface area contributed by atoms with Gasteiger partial charge in [0, 0.05) is 32.7 Å². The van der Waals surface area contributed by atoms with Gasteiger partial charge in [-0.15, -0.1) is 0 Å². The molecule has 0 unspecified atom stereocenters. The topological polar surface area (TPSA) is 42.2 Å². The number of nitrogens with zero attached hydrogens (tertiary/aromatic N) is 1. The summed E-state index contributed by atoms with van der Waals surface area (Å²) in [6.07, 6.45) is 8.08. The lowest BCUT2D eigenvalue weighted by Gasteiger charge is -2.14. The van der Waals surface area contributed by atoms with Crippen molar-refractivity contribution in [1.82, 2.24) is 4.57 Å². The number of halogens is 2. The normalized spacial score (nSPS) is 10.8. The molecule has 0 aliphatic carbocycles. The lowest BCUT2D eigenvalue weighted by molar-refractivity contribution is -0.122. The molecule has 0 bridgehead atoms. The highest BCUT2D eigenvalue weighted by atomic mass is 35.5. The Morgan fingerprint density at radius 1 is 1.09 bits per heavy atom. The first kappa shape index (κ1) is 30.4. The number of carboxylic acid groups (broad SMARTS) is 1. The summed E-state index contributed by atoms with van der Waals surface area (Å²) in [5, 5.41) is 9.34. The lowest BCUT2D eigenvalue weighted by atomic mass is 10.0. The van der Waals surface area contributed by atoms with E-state index in [1.807, 2.05) is 45.0 Å². The Morgan fingerprint density at radius 2 is 1.66 bits per heavy atom. The summed E-state index contributed by atoms with van der Waals surface area (Å²) in [5.41, 5.74) is 6.15. The van der Waals surface area contributed by atoms with Gasteiger partial charge in [0.05, 0.1) is 5.03 Å². The molecule has 0 atom stereocenters. The van der Waals surface area contributed by atoms with Gasteiger partial charge in [-0.1, -0.05) is 110 Å². The maximum atomic E-state index is 8.36. The zero-order valence-electron chi connectivity index (χ0n) is 20.9. The Hall–Kier alpha value is -2.66. The average molecular weight is 531 g/mol. The standard InChI is InChI=1S/C26H25Cl2NS.C2H6.CH2O2/c1-5-10-20(11-6-2)17-29-19(4)18(3)25(21-12-8-7-9-13-21)26(29)30-24-15-22(27)14-23(28)16-24;1-2;2-1-3/h5-16H,1,17H2,2-4H3;1-2H3;1H,(H,2,3)/b11-6-,20-10+;;. The first-order valence-electron chi connectivity index (χ1n) is 11.3. The Kier molecular flexibility index (Phi) is 14.0. The molecule has 1 N–H and O–H groups in total. The first-order chi connectivity index (χ1) is 16.9. The van der Waals surface area contributed by atoms with E-state index < -0.39 is 0 Å². The van der Waals surface area contributed by atoms with E-state index in [4.69, 9.17) is 33.1 Å². The minimum atomic E-state index is -0.250. The van der Waals surface area contributed by atoms with Gasteiger partial charge < -0.3 is 9.67 Å². The van der Waals surface area contributed by atoms with Crippen LogP contribution >= 0.6 is 35.0 Å². The van der Waals surface area contributed by atoms with Gasteiger partial charge in [-0.25, -0.2) is 0 Å². The van der Waals surface area contributed by atoms with Crippen LogP contribution in [0.4, 0.5) is 0 Å². The summed E-state index contributed by atoms with van der Waals surface area (Å²) in [5.74, 6) is 0. The van der Waals surface area contributed by atoms with Crippen molar-refractivity contribution in [3.05, 3.63) is 106 Å². The molecule has 0 saturated carbocycles. The van der Waals surface area contributed by atoms with Crippen molar-refractivity contribution >= 4 is 41.4 Å². The van der Waals surface area contributed by atoms with Crippen LogP contribution in [0.15, 0.2) is 94.9 Å². The van der Waals surface area contributed by atoms with Gasteiger partial charge in [0.2, 0.25) is 0 Å². The van der Waals surface area contributed by atoms with Gasteiger partial charge in [-0.3, -0.25) is 4.79 Å². The van der Waals surface area contributed by atoms with Crippen molar-refractivity contribution in [3.8, 4) is 11.1 Å². The van der Waals surface area contributed by atoms with E-state index in [1.165, 1.54) is 33.0 Å². The maximum absolute atomic E-state index is 8.36. The second-order valence-corrected chi connectivity index (χ2v) is 9.07. The molecule has 35 heavy (non-hydrogen) atoms. The fraction of sp³-hybridized carbons (Fsp3) is 0.207. The van der Waals surface area contributed by atoms with E-state index in [0.717, 1.165) is 11.4 Å². The first-order valence-corrected chi connectivity index (χ1v) is 12.8. The van der Waals surface area contributed by atoms with Crippen LogP contribution in [-0.2, 0) is 11.3 Å². The number of allylic oxidation sites excluding steroid dienone is 5. The van der Waals surface area contributed by atoms with Crippen LogP contribution in [0.5, 0.6) is 0 Å². The third-order valence-corrected chi connectivity index (χ3v) is 6.47. The number of rotatable bonds is 7. The predicted molar refractivity (Wildman–Crippen MR) is 153 cm³/mol. The molecular formula is C29H33Cl2NO2S. The van der Waals surface area contributed by atoms with E-state index in [1.54, 1.807) is 17.8 Å². The van der Waals surface area contributed by atoms with Gasteiger partial charge in [-0.2, -0.15) is 0 Å². The number of hydrogen-bond acceptors (Lipinski definition) is 2. The molecule has 2 aromatic carbocycles. The van der Waals surface area contributed by atoms with Crippen molar-refractivity contribution in [2.45, 2.75) is 51.1 Å². The van der Waals surface area contributed by atoms with Crippen LogP contribution in [0.1, 0.15) is 32.0 Å². The maximum Gasteiger partial charge on any atom is 0.290 e. The summed E-state index contributed by atoms with van der Waals surface area (Å²) in [4.78, 5) is 9.38. The van der Waals surface area contributed by atoms with Crippen LogP contribution in [0.25, 0.3) is 11.1 Å². The molecule has 0 amide bonds. The summed E-state index contributed by atoms with van der Waals surface area (Å²) in [6, 6.07) is 16.2. The van der Waals surface area contributed by atoms with Crippen LogP contribution in [0.2, 0.25) is 10.0 Å². The van der Waals surface area contributed by atoms with Gasteiger partial charge in [0.15, 0.2) is 0 Å². The van der Waals surface area contributed by atoms with Crippen molar-refractivity contribution in [2.24, 2.45) is 0 Å². The third kappa shape index (κ3) is 8.81. The average Bonchev–Trinajstić information content (AvgIpc) is 3.05. The van der Waals surface area contributed by atoms with Gasteiger partial charge in [0.1, 0.15) is 0 Å². The van der Waals surface area contributed by atoms with E-state index >= 15 is 0 Å². The number of benzene rings is 2. The second kappa shape index (κ2) is 16.1. The van der Waals surface area contributed by atoms with Gasteiger partial charge in [0.25, 0.3) is 6.47 Å². The van der Waals surface area contributed by atoms with E-state index in [0.29, 0.717) is 10.0 Å². The fourth-order valence-electron chi connectivity index (χ4n) is 3.48. The molecule has 0 radical (unpaired) electrons. The summed E-state index contributed by atoms with van der Waals surface area (Å²) in [7, 11) is 0. The molecule has 3 aromatic rings. The van der Waals surface area contributed by atoms with E-state index in [9.17, 15) is 0 Å². The molecule has 0 saturated heterocycles. The molecule has 1 aromatic heterocycles. The van der Waals surface area contributed by atoms with Gasteiger partial charge >= 0.3 is 0 Å². The highest BCUT2D eigenvalue weighted by Gasteiger charge is 2.20. The molecule has 186 valence electrons. The molecule has 0 fully saturated rings. The second-order valence-electron chi connectivity index (χ2n) is 7.13. The smallest absolute Gasteiger partial charge is 0.290 e. The van der Waals surface area contributed by atoms with Crippen molar-refractivity contribution < 1.29 is 9.90 Å². The van der Waals surface area contributed by atoms with Crippen LogP contribution in [-0.4, -0.2) is 16.1 Å². The molecule has 0 spiro atoms. The summed E-state index contributed by atoms with van der Waals surface area (Å²) >= 11 is 14.3. The van der Waals surface area contributed by atoms with Crippen molar-refractivity contribution in [2.75, 3.05) is 0 Å². The Bertz CT molecular complexity index is 1140. The van der Waals surface area contributed by atoms with E-state index in [2.05, 4.69) is 67.5 Å². The van der Waals surface area contributed by atoms with E-state index in [-0.39, 0.29) is 6.47 Å². The quantitative estimate of drug-likeness (QED) is 0.244. The Labute approximate surface area is 223 Å². The monoisotopic (exact) mass is 529 g/mol. The highest BCUT2D eigenvalue weighted by Crippen LogP contribution is 2.42. The van der Waals surface area contributed by atoms with Crippen molar-refractivity contribution in [3.63, 3.8) is 0 Å². The zero-order valence-corrected chi connectivity index (χ0v) is 23.2. The molecule has 1 heterocycles. The molecule has 0 aliphatic rings. The Morgan fingerprint density at radius 3 is 2.17 bits per heavy atom. The largest absolute Gasteiger partial charge is 0.483 e. The third-order valence-electron chi connectivity index (χ3n) is 4.95. The fourth-order valence-corrected chi connectivity index (χ4v) is 5.42. The molecule has 0 aliphatic heterocycles. The number of aromatic nitrogens is 1. The minimum Gasteiger partial charge on any atom is -0.483 e. The highest BCUT2D eigenvalue weighted by molar-refractivity contribution is 7.99. The summed E-state index contributed by atoms with van der Waals surface area (Å²) < 4.78 is 2.37. The lowest BCUT2D eigenvalue weighted by Crippen LogP contribution is -2.04. The zero-order chi connectivity index (χ0) is 26.4. The van der Waals surface area contributed by atoms with Crippen LogP contribution in [0, 0.1) is 13.8 Å². The molecule has 3 rings (SSSR count). The molecule has 6 heteroatoms. The summed E-state index contributed by atoms with van der Waals surface area (Å²) in [6.45, 7) is 14.8. The SMILES string of the molecule is C=C/C=C(\C=C/C)Cn1c(C)c(C)c(-c2ccccc2)c1Sc1cc(Cl)cc(Cl)c1.CC.O=CO. The van der Waals surface area contributed by atoms with Gasteiger partial charge in [-0.05, 0) is 55.7 Å². The molecule has 3 nitrogen and oxygen atoms in total. The number of carbonyl (C=O) groups is 1. The van der Waals surface area contributed by atoms with Crippen molar-refractivity contribution in [1.29, 1.82) is 0 Å². The predicted octanol–water partition coefficient (Wildman–Crippen LogP) is 9.65. The van der Waals surface area contributed by atoms with Crippen LogP contribution < -0.4 is 0 Å². The number of hydrogen-bond donors (Lipinski definition) is 1.